The first kappa shape index (κ1) is 13.2. The predicted octanol–water partition coefficient (Wildman–Crippen LogP) is 2.99. The van der Waals surface area contributed by atoms with Gasteiger partial charge in [0.25, 0.3) is 0 Å². The fourth-order valence-corrected chi connectivity index (χ4v) is 2.12. The van der Waals surface area contributed by atoms with Crippen LogP contribution in [0.25, 0.3) is 0 Å². The molecule has 0 heterocycles. The molecule has 1 atom stereocenters. The van der Waals surface area contributed by atoms with E-state index >= 15 is 0 Å². The summed E-state index contributed by atoms with van der Waals surface area (Å²) in [5.41, 5.74) is 4.06. The molecule has 0 bridgehead atoms. The number of hydrogen-bond donors (Lipinski definition) is 1. The highest BCUT2D eigenvalue weighted by atomic mass is 16.5. The average molecular weight is 221 g/mol. The highest BCUT2D eigenvalue weighted by Gasteiger charge is 2.09. The molecule has 0 saturated carbocycles. The molecule has 1 rings (SSSR count). The predicted molar refractivity (Wildman–Crippen MR) is 68.8 cm³/mol. The number of ether oxygens (including phenoxy) is 1. The normalized spacial score (nSPS) is 12.8. The van der Waals surface area contributed by atoms with E-state index in [-0.39, 0.29) is 0 Å². The summed E-state index contributed by atoms with van der Waals surface area (Å²) < 4.78 is 5.09. The second-order valence-electron chi connectivity index (χ2n) is 4.40. The van der Waals surface area contributed by atoms with E-state index in [0.717, 1.165) is 19.4 Å². The smallest absolute Gasteiger partial charge is 0.0462 e. The SMILES string of the molecule is CNC(CCCOC)c1cc(C)cc(C)c1. The first-order valence-electron chi connectivity index (χ1n) is 5.91. The Morgan fingerprint density at radius 1 is 1.19 bits per heavy atom. The van der Waals surface area contributed by atoms with Gasteiger partial charge in [0.2, 0.25) is 0 Å². The second-order valence-corrected chi connectivity index (χ2v) is 4.40. The summed E-state index contributed by atoms with van der Waals surface area (Å²) in [5, 5.41) is 3.38. The van der Waals surface area contributed by atoms with Crippen molar-refractivity contribution in [1.82, 2.24) is 5.32 Å². The van der Waals surface area contributed by atoms with Crippen molar-refractivity contribution >= 4 is 0 Å². The molecule has 2 nitrogen and oxygen atoms in total. The summed E-state index contributed by atoms with van der Waals surface area (Å²) in [4.78, 5) is 0. The topological polar surface area (TPSA) is 21.3 Å². The Bertz CT molecular complexity index is 302. The van der Waals surface area contributed by atoms with Gasteiger partial charge in [0.1, 0.15) is 0 Å². The maximum Gasteiger partial charge on any atom is 0.0462 e. The molecule has 1 aromatic rings. The monoisotopic (exact) mass is 221 g/mol. The highest BCUT2D eigenvalue weighted by Crippen LogP contribution is 2.20. The van der Waals surface area contributed by atoms with Gasteiger partial charge in [0.15, 0.2) is 0 Å². The van der Waals surface area contributed by atoms with Crippen LogP contribution >= 0.6 is 0 Å². The molecular formula is C14H23NO. The Kier molecular flexibility index (Phi) is 5.50. The largest absolute Gasteiger partial charge is 0.385 e. The van der Waals surface area contributed by atoms with Crippen molar-refractivity contribution in [2.75, 3.05) is 20.8 Å². The van der Waals surface area contributed by atoms with Crippen molar-refractivity contribution in [3.05, 3.63) is 34.9 Å². The number of aryl methyl sites for hydroxylation is 2. The van der Waals surface area contributed by atoms with Crippen molar-refractivity contribution in [3.63, 3.8) is 0 Å². The van der Waals surface area contributed by atoms with Crippen molar-refractivity contribution < 1.29 is 4.74 Å². The van der Waals surface area contributed by atoms with Crippen LogP contribution < -0.4 is 5.32 Å². The van der Waals surface area contributed by atoms with E-state index in [9.17, 15) is 0 Å². The molecule has 2 heteroatoms. The van der Waals surface area contributed by atoms with Crippen LogP contribution in [0.1, 0.15) is 35.6 Å². The van der Waals surface area contributed by atoms with Crippen molar-refractivity contribution in [2.45, 2.75) is 32.7 Å². The number of rotatable bonds is 6. The van der Waals surface area contributed by atoms with Crippen LogP contribution in [0.3, 0.4) is 0 Å². The van der Waals surface area contributed by atoms with Crippen molar-refractivity contribution in [1.29, 1.82) is 0 Å². The summed E-state index contributed by atoms with van der Waals surface area (Å²) in [7, 11) is 3.78. The minimum Gasteiger partial charge on any atom is -0.385 e. The zero-order valence-electron chi connectivity index (χ0n) is 10.8. The average Bonchev–Trinajstić information content (AvgIpc) is 2.23. The van der Waals surface area contributed by atoms with Gasteiger partial charge in [-0.05, 0) is 39.3 Å². The molecule has 0 amide bonds. The molecular weight excluding hydrogens is 198 g/mol. The first-order valence-corrected chi connectivity index (χ1v) is 5.91. The van der Waals surface area contributed by atoms with Crippen LogP contribution in [-0.2, 0) is 4.74 Å². The van der Waals surface area contributed by atoms with Crippen LogP contribution in [0.4, 0.5) is 0 Å². The molecule has 0 aliphatic carbocycles. The van der Waals surface area contributed by atoms with Crippen LogP contribution in [-0.4, -0.2) is 20.8 Å². The quantitative estimate of drug-likeness (QED) is 0.746. The molecule has 1 aromatic carbocycles. The summed E-state index contributed by atoms with van der Waals surface area (Å²) in [5.74, 6) is 0. The minimum atomic E-state index is 0.439. The van der Waals surface area contributed by atoms with Gasteiger partial charge < -0.3 is 10.1 Å². The lowest BCUT2D eigenvalue weighted by Crippen LogP contribution is -2.17. The summed E-state index contributed by atoms with van der Waals surface area (Å²) >= 11 is 0. The van der Waals surface area contributed by atoms with E-state index in [1.807, 2.05) is 7.05 Å². The summed E-state index contributed by atoms with van der Waals surface area (Å²) in [6.07, 6.45) is 2.21. The van der Waals surface area contributed by atoms with E-state index < -0.39 is 0 Å². The molecule has 0 fully saturated rings. The molecule has 0 saturated heterocycles. The van der Waals surface area contributed by atoms with Crippen LogP contribution in [0.5, 0.6) is 0 Å². The number of nitrogens with one attached hydrogen (secondary N) is 1. The third-order valence-corrected chi connectivity index (χ3v) is 2.84. The Morgan fingerprint density at radius 2 is 1.81 bits per heavy atom. The lowest BCUT2D eigenvalue weighted by atomic mass is 9.98. The van der Waals surface area contributed by atoms with Crippen LogP contribution in [0, 0.1) is 13.8 Å². The van der Waals surface area contributed by atoms with Gasteiger partial charge in [-0.25, -0.2) is 0 Å². The molecule has 0 aliphatic rings. The molecule has 0 aliphatic heterocycles. The fraction of sp³-hybridized carbons (Fsp3) is 0.571. The summed E-state index contributed by atoms with van der Waals surface area (Å²) in [6.45, 7) is 5.14. The number of hydrogen-bond acceptors (Lipinski definition) is 2. The third-order valence-electron chi connectivity index (χ3n) is 2.84. The van der Waals surface area contributed by atoms with Gasteiger partial charge in [-0.3, -0.25) is 0 Å². The lowest BCUT2D eigenvalue weighted by Gasteiger charge is -2.17. The Labute approximate surface area is 99.0 Å². The number of benzene rings is 1. The molecule has 0 spiro atoms. The number of methoxy groups -OCH3 is 1. The fourth-order valence-electron chi connectivity index (χ4n) is 2.12. The maximum absolute atomic E-state index is 5.09. The molecule has 1 unspecified atom stereocenters. The molecule has 1 N–H and O–H groups in total. The van der Waals surface area contributed by atoms with Crippen LogP contribution in [0.2, 0.25) is 0 Å². The van der Waals surface area contributed by atoms with E-state index in [0.29, 0.717) is 6.04 Å². The van der Waals surface area contributed by atoms with E-state index in [4.69, 9.17) is 4.74 Å². The Morgan fingerprint density at radius 3 is 2.31 bits per heavy atom. The molecule has 16 heavy (non-hydrogen) atoms. The van der Waals surface area contributed by atoms with Gasteiger partial charge in [0.05, 0.1) is 0 Å². The molecule has 90 valence electrons. The van der Waals surface area contributed by atoms with Gasteiger partial charge in [-0.15, -0.1) is 0 Å². The van der Waals surface area contributed by atoms with Crippen LogP contribution in [0.15, 0.2) is 18.2 Å². The second kappa shape index (κ2) is 6.66. The van der Waals surface area contributed by atoms with Gasteiger partial charge in [-0.1, -0.05) is 29.3 Å². The van der Waals surface area contributed by atoms with E-state index in [1.165, 1.54) is 16.7 Å². The zero-order valence-corrected chi connectivity index (χ0v) is 10.8. The zero-order chi connectivity index (χ0) is 12.0. The van der Waals surface area contributed by atoms with E-state index in [1.54, 1.807) is 7.11 Å². The van der Waals surface area contributed by atoms with Gasteiger partial charge in [0, 0.05) is 19.8 Å². The van der Waals surface area contributed by atoms with Crippen molar-refractivity contribution in [2.24, 2.45) is 0 Å². The molecule has 0 radical (unpaired) electrons. The first-order chi connectivity index (χ1) is 7.67. The highest BCUT2D eigenvalue weighted by molar-refractivity contribution is 5.30. The maximum atomic E-state index is 5.09. The van der Waals surface area contributed by atoms with E-state index in [2.05, 4.69) is 37.4 Å². The van der Waals surface area contributed by atoms with Crippen molar-refractivity contribution in [3.8, 4) is 0 Å². The minimum absolute atomic E-state index is 0.439. The standard InChI is InChI=1S/C14H23NO/c1-11-8-12(2)10-13(9-11)14(15-3)6-5-7-16-4/h8-10,14-15H,5-7H2,1-4H3. The summed E-state index contributed by atoms with van der Waals surface area (Å²) in [6, 6.07) is 7.18. The Hall–Kier alpha value is -0.860. The van der Waals surface area contributed by atoms with Gasteiger partial charge in [-0.2, -0.15) is 0 Å². The Balaban J connectivity index is 2.70. The third kappa shape index (κ3) is 3.95. The lowest BCUT2D eigenvalue weighted by molar-refractivity contribution is 0.189. The van der Waals surface area contributed by atoms with Gasteiger partial charge >= 0.3 is 0 Å². The molecule has 0 aromatic heterocycles.